The number of sulfonamides is 1. The third kappa shape index (κ3) is 8.54. The molecule has 2 N–H and O–H groups in total. The van der Waals surface area contributed by atoms with E-state index >= 15 is 0 Å². The van der Waals surface area contributed by atoms with Gasteiger partial charge in [0, 0.05) is 12.6 Å². The van der Waals surface area contributed by atoms with Crippen molar-refractivity contribution in [3.05, 3.63) is 29.8 Å². The minimum absolute atomic E-state index is 0.0242. The molecule has 1 aromatic rings. The highest BCUT2D eigenvalue weighted by Crippen LogP contribution is 2.17. The molecule has 10 heteroatoms. The molecule has 0 saturated carbocycles. The second-order valence-electron chi connectivity index (χ2n) is 7.04. The van der Waals surface area contributed by atoms with E-state index in [9.17, 15) is 22.8 Å². The Morgan fingerprint density at radius 1 is 1.15 bits per heavy atom. The van der Waals surface area contributed by atoms with Gasteiger partial charge in [0.25, 0.3) is 5.91 Å². The molecule has 0 heterocycles. The molecular formula is C17H25N3O6S. The lowest BCUT2D eigenvalue weighted by atomic mass is 10.1. The molecule has 0 atom stereocenters. The van der Waals surface area contributed by atoms with Crippen molar-refractivity contribution < 1.29 is 27.5 Å². The highest BCUT2D eigenvalue weighted by atomic mass is 32.2. The van der Waals surface area contributed by atoms with Crippen LogP contribution in [0, 0.1) is 0 Å². The first-order chi connectivity index (χ1) is 12.3. The minimum Gasteiger partial charge on any atom is -0.452 e. The van der Waals surface area contributed by atoms with Gasteiger partial charge < -0.3 is 15.0 Å². The number of carbonyl (C=O) groups is 3. The van der Waals surface area contributed by atoms with Crippen molar-refractivity contribution in [2.24, 2.45) is 0 Å². The van der Waals surface area contributed by atoms with Crippen LogP contribution in [0.3, 0.4) is 0 Å². The van der Waals surface area contributed by atoms with E-state index in [1.807, 2.05) is 20.8 Å². The van der Waals surface area contributed by atoms with Gasteiger partial charge in [-0.2, -0.15) is 0 Å². The molecular weight excluding hydrogens is 374 g/mol. The molecule has 0 aliphatic rings. The number of carbonyl (C=O) groups excluding carboxylic acids is 3. The number of rotatable bonds is 7. The summed E-state index contributed by atoms with van der Waals surface area (Å²) in [6.45, 7) is 4.69. The molecule has 0 spiro atoms. The van der Waals surface area contributed by atoms with Gasteiger partial charge in [0.1, 0.15) is 0 Å². The molecule has 2 amide bonds. The van der Waals surface area contributed by atoms with Gasteiger partial charge in [-0.15, -0.1) is 0 Å². The Morgan fingerprint density at radius 3 is 2.30 bits per heavy atom. The second-order valence-corrected chi connectivity index (χ2v) is 8.79. The third-order valence-corrected chi connectivity index (χ3v) is 3.68. The van der Waals surface area contributed by atoms with Gasteiger partial charge in [-0.1, -0.05) is 12.1 Å². The van der Waals surface area contributed by atoms with Crippen molar-refractivity contribution in [1.82, 2.24) is 10.2 Å². The SMILES string of the molecule is CN(CC(=O)NC(C)(C)C)C(=O)COC(=O)c1ccccc1NS(C)(=O)=O. The summed E-state index contributed by atoms with van der Waals surface area (Å²) in [5.74, 6) is -1.77. The number of amides is 2. The van der Waals surface area contributed by atoms with Crippen LogP contribution in [0.2, 0.25) is 0 Å². The first-order valence-corrected chi connectivity index (χ1v) is 9.96. The fourth-order valence-corrected chi connectivity index (χ4v) is 2.60. The second kappa shape index (κ2) is 8.85. The number of anilines is 1. The van der Waals surface area contributed by atoms with Crippen LogP contribution in [-0.2, 0) is 24.3 Å². The van der Waals surface area contributed by atoms with Gasteiger partial charge in [0.15, 0.2) is 6.61 Å². The number of esters is 1. The number of benzene rings is 1. The highest BCUT2D eigenvalue weighted by molar-refractivity contribution is 7.92. The molecule has 0 saturated heterocycles. The topological polar surface area (TPSA) is 122 Å². The number of likely N-dealkylation sites (N-methyl/N-ethyl adjacent to an activating group) is 1. The van der Waals surface area contributed by atoms with Gasteiger partial charge in [0.05, 0.1) is 24.1 Å². The van der Waals surface area contributed by atoms with Gasteiger partial charge in [-0.05, 0) is 32.9 Å². The third-order valence-electron chi connectivity index (χ3n) is 3.09. The van der Waals surface area contributed by atoms with Crippen LogP contribution in [0.1, 0.15) is 31.1 Å². The van der Waals surface area contributed by atoms with Crippen LogP contribution < -0.4 is 10.0 Å². The maximum atomic E-state index is 12.2. The van der Waals surface area contributed by atoms with E-state index in [-0.39, 0.29) is 23.7 Å². The fraction of sp³-hybridized carbons (Fsp3) is 0.471. The molecule has 1 rings (SSSR count). The predicted octanol–water partition coefficient (Wildman–Crippen LogP) is 0.588. The van der Waals surface area contributed by atoms with Crippen LogP contribution in [0.4, 0.5) is 5.69 Å². The highest BCUT2D eigenvalue weighted by Gasteiger charge is 2.20. The predicted molar refractivity (Wildman–Crippen MR) is 101 cm³/mol. The van der Waals surface area contributed by atoms with Crippen molar-refractivity contribution >= 4 is 33.5 Å². The number of hydrogen-bond acceptors (Lipinski definition) is 6. The van der Waals surface area contributed by atoms with Crippen LogP contribution in [-0.4, -0.2) is 63.1 Å². The molecule has 9 nitrogen and oxygen atoms in total. The van der Waals surface area contributed by atoms with Crippen LogP contribution in [0.25, 0.3) is 0 Å². The van der Waals surface area contributed by atoms with E-state index < -0.39 is 34.0 Å². The lowest BCUT2D eigenvalue weighted by molar-refractivity contribution is -0.137. The van der Waals surface area contributed by atoms with E-state index in [0.717, 1.165) is 11.2 Å². The number of para-hydroxylation sites is 1. The van der Waals surface area contributed by atoms with Crippen molar-refractivity contribution in [3.63, 3.8) is 0 Å². The molecule has 1 aromatic carbocycles. The molecule has 0 unspecified atom stereocenters. The van der Waals surface area contributed by atoms with Gasteiger partial charge in [-0.25, -0.2) is 13.2 Å². The fourth-order valence-electron chi connectivity index (χ4n) is 2.03. The standard InChI is InChI=1S/C17H25N3O6S/c1-17(2,3)18-14(21)10-20(4)15(22)11-26-16(23)12-8-6-7-9-13(12)19-27(5,24)25/h6-9,19H,10-11H2,1-5H3,(H,18,21). The molecule has 150 valence electrons. The summed E-state index contributed by atoms with van der Waals surface area (Å²) in [5.41, 5.74) is -0.400. The van der Waals surface area contributed by atoms with Crippen molar-refractivity contribution in [2.45, 2.75) is 26.3 Å². The summed E-state index contributed by atoms with van der Waals surface area (Å²) in [7, 11) is -2.17. The van der Waals surface area contributed by atoms with Crippen molar-refractivity contribution in [1.29, 1.82) is 0 Å². The largest absolute Gasteiger partial charge is 0.452 e. The number of nitrogens with zero attached hydrogens (tertiary/aromatic N) is 1. The molecule has 0 radical (unpaired) electrons. The molecule has 27 heavy (non-hydrogen) atoms. The van der Waals surface area contributed by atoms with Crippen LogP contribution >= 0.6 is 0 Å². The monoisotopic (exact) mass is 399 g/mol. The average molecular weight is 399 g/mol. The van der Waals surface area contributed by atoms with Gasteiger partial charge in [0.2, 0.25) is 15.9 Å². The molecule has 0 aliphatic carbocycles. The van der Waals surface area contributed by atoms with Gasteiger partial charge in [-0.3, -0.25) is 14.3 Å². The quantitative estimate of drug-likeness (QED) is 0.647. The number of nitrogens with one attached hydrogen (secondary N) is 2. The smallest absolute Gasteiger partial charge is 0.340 e. The Labute approximate surface area is 159 Å². The number of ether oxygens (including phenoxy) is 1. The summed E-state index contributed by atoms with van der Waals surface area (Å²) in [4.78, 5) is 37.2. The first kappa shape index (κ1) is 22.4. The molecule has 0 bridgehead atoms. The van der Waals surface area contributed by atoms with Gasteiger partial charge >= 0.3 is 5.97 Å². The van der Waals surface area contributed by atoms with Crippen LogP contribution in [0.5, 0.6) is 0 Å². The summed E-state index contributed by atoms with van der Waals surface area (Å²) in [5, 5.41) is 2.72. The zero-order valence-corrected chi connectivity index (χ0v) is 16.8. The number of hydrogen-bond donors (Lipinski definition) is 2. The minimum atomic E-state index is -3.58. The maximum absolute atomic E-state index is 12.2. The Bertz CT molecular complexity index is 814. The van der Waals surface area contributed by atoms with E-state index in [4.69, 9.17) is 4.74 Å². The van der Waals surface area contributed by atoms with E-state index in [1.165, 1.54) is 25.2 Å². The summed E-state index contributed by atoms with van der Waals surface area (Å²) in [6.07, 6.45) is 0.955. The Kier molecular flexibility index (Phi) is 7.35. The zero-order valence-electron chi connectivity index (χ0n) is 16.0. The zero-order chi connectivity index (χ0) is 20.8. The maximum Gasteiger partial charge on any atom is 0.340 e. The Hall–Kier alpha value is -2.62. The Morgan fingerprint density at radius 2 is 1.74 bits per heavy atom. The van der Waals surface area contributed by atoms with E-state index in [0.29, 0.717) is 0 Å². The normalized spacial score (nSPS) is 11.4. The molecule has 0 aromatic heterocycles. The lowest BCUT2D eigenvalue weighted by Gasteiger charge is -2.23. The molecule has 0 aliphatic heterocycles. The summed E-state index contributed by atoms with van der Waals surface area (Å²) < 4.78 is 29.9. The van der Waals surface area contributed by atoms with Crippen molar-refractivity contribution in [2.75, 3.05) is 31.2 Å². The summed E-state index contributed by atoms with van der Waals surface area (Å²) in [6, 6.07) is 5.87. The van der Waals surface area contributed by atoms with Crippen LogP contribution in [0.15, 0.2) is 24.3 Å². The summed E-state index contributed by atoms with van der Waals surface area (Å²) >= 11 is 0. The molecule has 0 fully saturated rings. The van der Waals surface area contributed by atoms with Crippen molar-refractivity contribution in [3.8, 4) is 0 Å². The first-order valence-electron chi connectivity index (χ1n) is 8.07. The van der Waals surface area contributed by atoms with E-state index in [2.05, 4.69) is 10.0 Å². The Balaban J connectivity index is 2.67. The van der Waals surface area contributed by atoms with E-state index in [1.54, 1.807) is 6.07 Å². The average Bonchev–Trinajstić information content (AvgIpc) is 2.49. The lowest BCUT2D eigenvalue weighted by Crippen LogP contribution is -2.46.